The van der Waals surface area contributed by atoms with Gasteiger partial charge in [-0.3, -0.25) is 14.2 Å². The molecule has 3 rings (SSSR count). The van der Waals surface area contributed by atoms with Crippen LogP contribution in [0.4, 0.5) is 11.4 Å². The third-order valence-electron chi connectivity index (χ3n) is 5.38. The van der Waals surface area contributed by atoms with Gasteiger partial charge in [-0.15, -0.1) is 0 Å². The van der Waals surface area contributed by atoms with Crippen LogP contribution in [0.3, 0.4) is 0 Å². The lowest BCUT2D eigenvalue weighted by Gasteiger charge is -2.22. The number of sulfonamides is 1. The van der Waals surface area contributed by atoms with Crippen LogP contribution in [0.25, 0.3) is 10.9 Å². The maximum Gasteiger partial charge on any atom is 0.261 e. The lowest BCUT2D eigenvalue weighted by Crippen LogP contribution is -2.30. The van der Waals surface area contributed by atoms with E-state index in [4.69, 9.17) is 0 Å². The first kappa shape index (κ1) is 24.4. The predicted molar refractivity (Wildman–Crippen MR) is 130 cm³/mol. The van der Waals surface area contributed by atoms with Crippen LogP contribution in [0.2, 0.25) is 0 Å². The third kappa shape index (κ3) is 5.23. The van der Waals surface area contributed by atoms with Crippen molar-refractivity contribution in [2.24, 2.45) is 0 Å². The van der Waals surface area contributed by atoms with Gasteiger partial charge in [0.2, 0.25) is 15.9 Å². The fourth-order valence-electron chi connectivity index (χ4n) is 3.58. The highest BCUT2D eigenvalue weighted by Crippen LogP contribution is 2.29. The van der Waals surface area contributed by atoms with Crippen molar-refractivity contribution in [3.63, 3.8) is 0 Å². The average Bonchev–Trinajstić information content (AvgIpc) is 2.79. The summed E-state index contributed by atoms with van der Waals surface area (Å²) in [7, 11) is -0.0551. The van der Waals surface area contributed by atoms with Crippen molar-refractivity contribution in [1.82, 2.24) is 13.9 Å². The molecule has 0 aliphatic rings. The van der Waals surface area contributed by atoms with E-state index >= 15 is 0 Å². The number of anilines is 2. The number of aryl methyl sites for hydroxylation is 1. The molecule has 9 nitrogen and oxygen atoms in total. The summed E-state index contributed by atoms with van der Waals surface area (Å²) in [5.74, 6) is -0.337. The number of hydrogen-bond acceptors (Lipinski definition) is 6. The molecule has 3 aromatic rings. The van der Waals surface area contributed by atoms with Gasteiger partial charge < -0.3 is 10.2 Å². The largest absolute Gasteiger partial charge is 0.376 e. The van der Waals surface area contributed by atoms with Crippen LogP contribution in [0.5, 0.6) is 0 Å². The van der Waals surface area contributed by atoms with E-state index in [-0.39, 0.29) is 29.3 Å². The van der Waals surface area contributed by atoms with Gasteiger partial charge in [-0.2, -0.15) is 4.31 Å². The molecule has 1 aromatic heterocycles. The van der Waals surface area contributed by atoms with Crippen molar-refractivity contribution >= 4 is 38.2 Å². The molecule has 0 radical (unpaired) electrons. The van der Waals surface area contributed by atoms with Crippen LogP contribution < -0.4 is 15.8 Å². The summed E-state index contributed by atoms with van der Waals surface area (Å²) in [6.07, 6.45) is 1.46. The molecule has 0 unspecified atom stereocenters. The van der Waals surface area contributed by atoms with Crippen LogP contribution >= 0.6 is 0 Å². The van der Waals surface area contributed by atoms with E-state index in [0.717, 1.165) is 0 Å². The summed E-state index contributed by atoms with van der Waals surface area (Å²) in [6.45, 7) is 4.41. The molecule has 0 fully saturated rings. The van der Waals surface area contributed by atoms with Gasteiger partial charge in [-0.25, -0.2) is 13.4 Å². The Labute approximate surface area is 193 Å². The Morgan fingerprint density at radius 1 is 1.09 bits per heavy atom. The molecule has 0 bridgehead atoms. The zero-order valence-electron chi connectivity index (χ0n) is 19.3. The predicted octanol–water partition coefficient (Wildman–Crippen LogP) is 2.52. The quantitative estimate of drug-likeness (QED) is 0.514. The van der Waals surface area contributed by atoms with Crippen molar-refractivity contribution in [3.8, 4) is 0 Å². The number of fused-ring (bicyclic) bond motifs is 1. The molecule has 1 N–H and O–H groups in total. The molecule has 2 aromatic carbocycles. The zero-order valence-corrected chi connectivity index (χ0v) is 20.1. The number of hydrogen-bond donors (Lipinski definition) is 1. The summed E-state index contributed by atoms with van der Waals surface area (Å²) in [4.78, 5) is 31.5. The van der Waals surface area contributed by atoms with Crippen LogP contribution in [0.1, 0.15) is 20.3 Å². The Morgan fingerprint density at radius 2 is 1.79 bits per heavy atom. The Bertz CT molecular complexity index is 1310. The average molecular weight is 472 g/mol. The Hall–Kier alpha value is -3.24. The monoisotopic (exact) mass is 471 g/mol. The number of benzene rings is 2. The summed E-state index contributed by atoms with van der Waals surface area (Å²) in [6, 6.07) is 11.7. The van der Waals surface area contributed by atoms with Gasteiger partial charge in [0.1, 0.15) is 0 Å². The Kier molecular flexibility index (Phi) is 7.50. The summed E-state index contributed by atoms with van der Waals surface area (Å²) in [5, 5.41) is 3.30. The van der Waals surface area contributed by atoms with Gasteiger partial charge in [0.05, 0.1) is 33.5 Å². The normalized spacial score (nSPS) is 11.7. The van der Waals surface area contributed by atoms with Gasteiger partial charge >= 0.3 is 0 Å². The highest BCUT2D eigenvalue weighted by molar-refractivity contribution is 7.89. The van der Waals surface area contributed by atoms with Gasteiger partial charge in [0, 0.05) is 40.2 Å². The van der Waals surface area contributed by atoms with Crippen molar-refractivity contribution in [1.29, 1.82) is 0 Å². The van der Waals surface area contributed by atoms with Crippen molar-refractivity contribution < 1.29 is 13.2 Å². The van der Waals surface area contributed by atoms with E-state index in [1.807, 2.05) is 20.2 Å². The Balaban J connectivity index is 1.82. The van der Waals surface area contributed by atoms with Crippen molar-refractivity contribution in [3.05, 3.63) is 59.1 Å². The second-order valence-corrected chi connectivity index (χ2v) is 9.66. The second-order valence-electron chi connectivity index (χ2n) is 7.72. The molecule has 0 aliphatic heterocycles. The van der Waals surface area contributed by atoms with Crippen molar-refractivity contribution in [2.45, 2.75) is 31.7 Å². The summed E-state index contributed by atoms with van der Waals surface area (Å²) in [5.41, 5.74) is 1.45. The third-order valence-corrected chi connectivity index (χ3v) is 7.42. The fraction of sp³-hybridized carbons (Fsp3) is 0.348. The Morgan fingerprint density at radius 3 is 2.45 bits per heavy atom. The van der Waals surface area contributed by atoms with Crippen LogP contribution in [0, 0.1) is 0 Å². The van der Waals surface area contributed by atoms with Crippen LogP contribution in [-0.2, 0) is 21.4 Å². The summed E-state index contributed by atoms with van der Waals surface area (Å²) >= 11 is 0. The number of rotatable bonds is 9. The first-order valence-corrected chi connectivity index (χ1v) is 12.2. The highest BCUT2D eigenvalue weighted by atomic mass is 32.2. The van der Waals surface area contributed by atoms with E-state index in [2.05, 4.69) is 10.3 Å². The minimum absolute atomic E-state index is 0.0276. The van der Waals surface area contributed by atoms with E-state index < -0.39 is 10.0 Å². The van der Waals surface area contributed by atoms with Gasteiger partial charge in [0.15, 0.2) is 0 Å². The summed E-state index contributed by atoms with van der Waals surface area (Å²) < 4.78 is 28.6. The number of aromatic nitrogens is 2. The van der Waals surface area contributed by atoms with Gasteiger partial charge in [-0.05, 0) is 30.3 Å². The first-order valence-electron chi connectivity index (χ1n) is 10.7. The smallest absolute Gasteiger partial charge is 0.261 e. The number of para-hydroxylation sites is 1. The molecular weight excluding hydrogens is 442 g/mol. The maximum atomic E-state index is 12.9. The fourth-order valence-corrected chi connectivity index (χ4v) is 5.06. The van der Waals surface area contributed by atoms with Crippen LogP contribution in [0.15, 0.2) is 58.5 Å². The lowest BCUT2D eigenvalue weighted by atomic mass is 10.2. The second kappa shape index (κ2) is 10.1. The van der Waals surface area contributed by atoms with E-state index in [1.54, 1.807) is 49.1 Å². The molecule has 33 heavy (non-hydrogen) atoms. The molecule has 0 spiro atoms. The molecule has 0 atom stereocenters. The lowest BCUT2D eigenvalue weighted by molar-refractivity contribution is -0.116. The minimum Gasteiger partial charge on any atom is -0.376 e. The van der Waals surface area contributed by atoms with E-state index in [9.17, 15) is 18.0 Å². The number of carbonyl (C=O) groups excluding carboxylic acids is 1. The molecule has 10 heteroatoms. The molecule has 1 amide bonds. The van der Waals surface area contributed by atoms with Gasteiger partial charge in [0.25, 0.3) is 5.56 Å². The van der Waals surface area contributed by atoms with Crippen LogP contribution in [-0.4, -0.2) is 55.4 Å². The zero-order chi connectivity index (χ0) is 24.2. The SMILES string of the molecule is CCN(CC)S(=O)(=O)c1ccc(N(C)C)c(NC(=O)CCn2cnc3ccccc3c2=O)c1. The number of amides is 1. The maximum absolute atomic E-state index is 12.9. The number of carbonyl (C=O) groups is 1. The standard InChI is InChI=1S/C23H29N5O4S/c1-5-28(6-2)33(31,32)17-11-12-21(26(3)4)20(15-17)25-22(29)13-14-27-16-24-19-10-8-7-9-18(19)23(27)30/h7-12,15-16H,5-6,13-14H2,1-4H3,(H,25,29). The van der Waals surface area contributed by atoms with E-state index in [0.29, 0.717) is 35.4 Å². The molecule has 0 saturated heterocycles. The van der Waals surface area contributed by atoms with E-state index in [1.165, 1.54) is 21.3 Å². The molecule has 1 heterocycles. The number of nitrogens with zero attached hydrogens (tertiary/aromatic N) is 4. The highest BCUT2D eigenvalue weighted by Gasteiger charge is 2.23. The van der Waals surface area contributed by atoms with Crippen molar-refractivity contribution in [2.75, 3.05) is 37.4 Å². The van der Waals surface area contributed by atoms with Gasteiger partial charge in [-0.1, -0.05) is 26.0 Å². The minimum atomic E-state index is -3.67. The topological polar surface area (TPSA) is 105 Å². The molecule has 0 saturated carbocycles. The molecule has 176 valence electrons. The molecular formula is C23H29N5O4S. The number of nitrogens with one attached hydrogen (secondary N) is 1. The first-order chi connectivity index (χ1) is 15.7. The molecule has 0 aliphatic carbocycles.